The van der Waals surface area contributed by atoms with Gasteiger partial charge >= 0.3 is 29.7 Å². The van der Waals surface area contributed by atoms with Crippen LogP contribution in [-0.4, -0.2) is 244 Å². The lowest BCUT2D eigenvalue weighted by molar-refractivity contribution is -0.111. The van der Waals surface area contributed by atoms with Crippen LogP contribution in [0.2, 0.25) is 0 Å². The monoisotopic (exact) mass is 1810 g/mol. The molecule has 0 spiro atoms. The highest BCUT2D eigenvalue weighted by Crippen LogP contribution is 2.39. The number of aliphatic hydroxyl groups excluding tert-OH is 1. The normalized spacial score (nSPS) is 13.4. The molecule has 6 heterocycles. The summed E-state index contributed by atoms with van der Waals surface area (Å²) in [4.78, 5) is 158. The Kier molecular flexibility index (Phi) is 42.2. The summed E-state index contributed by atoms with van der Waals surface area (Å²) in [5.74, 6) is -3.98. The summed E-state index contributed by atoms with van der Waals surface area (Å²) in [6, 6.07) is 12.2. The quantitative estimate of drug-likeness (QED) is 0.00590. The van der Waals surface area contributed by atoms with E-state index in [9.17, 15) is 65.9 Å². The Morgan fingerprint density at radius 2 is 0.740 bits per heavy atom. The lowest BCUT2D eigenvalue weighted by atomic mass is 10.0. The number of aromatic nitrogens is 3. The van der Waals surface area contributed by atoms with Crippen molar-refractivity contribution in [3.63, 3.8) is 0 Å². The number of carbonyl (C=O) groups excluding carboxylic acids is 11. The molecule has 11 amide bonds. The van der Waals surface area contributed by atoms with Crippen LogP contribution in [0.15, 0.2) is 54.6 Å². The van der Waals surface area contributed by atoms with Crippen molar-refractivity contribution in [1.29, 1.82) is 0 Å². The van der Waals surface area contributed by atoms with Crippen LogP contribution in [0.1, 0.15) is 220 Å². The standard InChI is InChI=1S/C32H44FN5O6.C27H36FN5O4.C23H26ClFN4O3.C9H19NO3.ClH/c1-8-37(9-2)15-16-38(31(42)43-17-11-10-14-34-30(41)44-32(5,6)7)29(40)27-20(3)26(35-21(27)4)19-24-23-18-22(33)12-13-25(23)36-28(24)39;1-5-32(6-2)12-13-33(27(36)37-14-8-7-11-29)26(35)24-17(3)23(30-18(24)4)16-21-20-15-19(28)9-10-22(20)31-25(21)34;1-5-28(6-2)9-10-29(23(24)32)22(31)20-13(3)19(26-14(20)4)12-17-16-11-15(25)7-8-18(16)27-21(17)30;1-9(2,3)13-8(12)10-6-4-5-7-11;/h12-13,18-19,35H,8-11,14-17H2,1-7H3,(H,34,41)(H,36,39);9-10,15-16,30H,5-8,11-14,29H2,1-4H3,(H,31,34);7-8,11-12,26H,5-6,9-10H2,1-4H3,(H,27,30);11H,4-7H2,1-3H3,(H,10,12);1H/b24-19-;21-16-;17-12-;;. The molecule has 36 heteroatoms. The average Bonchev–Trinajstić information content (AvgIpc) is 1.63. The fraction of sp³-hybridized carbons (Fsp3) is 0.484. The molecule has 0 saturated carbocycles. The number of rotatable bonds is 34. The Hall–Kier alpha value is -11.1. The van der Waals surface area contributed by atoms with E-state index in [1.807, 2.05) is 62.3 Å². The summed E-state index contributed by atoms with van der Waals surface area (Å²) < 4.78 is 62.6. The number of nitrogens with two attached hydrogens (primary N) is 1. The van der Waals surface area contributed by atoms with E-state index < -0.39 is 76.1 Å². The fourth-order valence-corrected chi connectivity index (χ4v) is 14.0. The maximum Gasteiger partial charge on any atom is 0.416 e. The van der Waals surface area contributed by atoms with E-state index in [0.29, 0.717) is 166 Å². The molecule has 0 bridgehead atoms. The van der Waals surface area contributed by atoms with Crippen LogP contribution >= 0.6 is 24.0 Å². The third-order valence-electron chi connectivity index (χ3n) is 20.8. The Labute approximate surface area is 752 Å². The van der Waals surface area contributed by atoms with Crippen molar-refractivity contribution < 1.29 is 90.0 Å². The molecule has 696 valence electrons. The summed E-state index contributed by atoms with van der Waals surface area (Å²) in [6.07, 6.45) is 6.24. The average molecular weight is 1810 g/mol. The number of imide groups is 3. The lowest BCUT2D eigenvalue weighted by Crippen LogP contribution is -2.43. The molecule has 0 unspecified atom stereocenters. The molecule has 31 nitrogen and oxygen atoms in total. The Bertz CT molecular complexity index is 4950. The van der Waals surface area contributed by atoms with Gasteiger partial charge in [0.15, 0.2) is 0 Å². The minimum atomic E-state index is -0.846. The van der Waals surface area contributed by atoms with Crippen molar-refractivity contribution in [2.45, 2.75) is 174 Å². The molecular formula is C91H126Cl2F3N15O16. The number of likely N-dealkylation sites (N-methyl/N-ethyl adjacent to an activating group) is 3. The van der Waals surface area contributed by atoms with E-state index >= 15 is 0 Å². The number of nitrogens with one attached hydrogen (secondary N) is 8. The molecule has 3 aromatic carbocycles. The molecule has 0 aliphatic carbocycles. The number of ether oxygens (including phenoxy) is 4. The number of alkyl carbamates (subject to hydrolysis) is 2. The number of fused-ring (bicyclic) bond motifs is 3. The number of aliphatic hydroxyl groups is 1. The van der Waals surface area contributed by atoms with E-state index in [2.05, 4.69) is 56.2 Å². The van der Waals surface area contributed by atoms with Crippen molar-refractivity contribution in [2.75, 3.05) is 134 Å². The number of hydrogen-bond acceptors (Lipinski definition) is 20. The molecule has 0 saturated heterocycles. The third kappa shape index (κ3) is 30.8. The molecule has 9 rings (SSSR count). The number of aromatic amines is 3. The molecule has 3 aliphatic heterocycles. The molecule has 0 fully saturated rings. The van der Waals surface area contributed by atoms with E-state index in [1.54, 1.807) is 80.5 Å². The Balaban J connectivity index is 0.000000317. The van der Waals surface area contributed by atoms with Crippen LogP contribution < -0.4 is 32.3 Å². The van der Waals surface area contributed by atoms with Crippen LogP contribution in [0, 0.1) is 59.0 Å². The van der Waals surface area contributed by atoms with Gasteiger partial charge in [-0.15, -0.1) is 12.4 Å². The highest BCUT2D eigenvalue weighted by molar-refractivity contribution is 6.64. The zero-order valence-electron chi connectivity index (χ0n) is 76.2. The largest absolute Gasteiger partial charge is 0.449 e. The summed E-state index contributed by atoms with van der Waals surface area (Å²) >= 11 is 5.73. The number of halogens is 5. The second kappa shape index (κ2) is 50.4. The molecule has 3 aliphatic rings. The molecule has 11 N–H and O–H groups in total. The Morgan fingerprint density at radius 1 is 0.449 bits per heavy atom. The van der Waals surface area contributed by atoms with Crippen molar-refractivity contribution in [2.24, 2.45) is 5.73 Å². The van der Waals surface area contributed by atoms with Gasteiger partial charge in [-0.05, 0) is 269 Å². The van der Waals surface area contributed by atoms with E-state index in [-0.39, 0.29) is 86.3 Å². The number of anilines is 3. The second-order valence-corrected chi connectivity index (χ2v) is 32.3. The minimum absolute atomic E-state index is 0. The van der Waals surface area contributed by atoms with Gasteiger partial charge in [-0.3, -0.25) is 38.5 Å². The van der Waals surface area contributed by atoms with Gasteiger partial charge in [0, 0.05) is 127 Å². The van der Waals surface area contributed by atoms with Crippen LogP contribution in [0.4, 0.5) is 54.2 Å². The first kappa shape index (κ1) is 106. The zero-order valence-corrected chi connectivity index (χ0v) is 77.7. The van der Waals surface area contributed by atoms with Crippen LogP contribution in [0.25, 0.3) is 34.9 Å². The van der Waals surface area contributed by atoms with E-state index in [0.717, 1.165) is 66.8 Å². The van der Waals surface area contributed by atoms with Gasteiger partial charge in [0.25, 0.3) is 35.4 Å². The van der Waals surface area contributed by atoms with Gasteiger partial charge in [-0.2, -0.15) is 0 Å². The first-order valence-electron chi connectivity index (χ1n) is 42.6. The maximum atomic E-state index is 13.9. The summed E-state index contributed by atoms with van der Waals surface area (Å²) in [6.45, 7) is 41.6. The maximum absolute atomic E-state index is 13.9. The summed E-state index contributed by atoms with van der Waals surface area (Å²) in [5, 5.41) is 21.0. The molecule has 127 heavy (non-hydrogen) atoms. The number of amides is 11. The first-order valence-corrected chi connectivity index (χ1v) is 42.9. The predicted molar refractivity (Wildman–Crippen MR) is 489 cm³/mol. The third-order valence-corrected chi connectivity index (χ3v) is 21.0. The fourth-order valence-electron chi connectivity index (χ4n) is 13.8. The van der Waals surface area contributed by atoms with Gasteiger partial charge in [0.05, 0.1) is 46.6 Å². The van der Waals surface area contributed by atoms with Crippen molar-refractivity contribution in [3.8, 4) is 0 Å². The van der Waals surface area contributed by atoms with Gasteiger partial charge in [0.1, 0.15) is 28.7 Å². The molecule has 3 aromatic heterocycles. The van der Waals surface area contributed by atoms with E-state index in [4.69, 9.17) is 41.4 Å². The molecule has 0 radical (unpaired) electrons. The van der Waals surface area contributed by atoms with Crippen LogP contribution in [0.5, 0.6) is 0 Å². The second-order valence-electron chi connectivity index (χ2n) is 32.0. The van der Waals surface area contributed by atoms with Gasteiger partial charge in [-0.25, -0.2) is 42.1 Å². The number of nitrogens with zero attached hydrogens (tertiary/aromatic N) is 6. The van der Waals surface area contributed by atoms with Gasteiger partial charge in [-0.1, -0.05) is 41.5 Å². The minimum Gasteiger partial charge on any atom is -0.449 e. The number of carbonyl (C=O) groups is 11. The smallest absolute Gasteiger partial charge is 0.416 e. The van der Waals surface area contributed by atoms with Crippen LogP contribution in [-0.2, 0) is 33.3 Å². The summed E-state index contributed by atoms with van der Waals surface area (Å²) in [7, 11) is 0. The van der Waals surface area contributed by atoms with Crippen molar-refractivity contribution in [3.05, 3.63) is 156 Å². The van der Waals surface area contributed by atoms with Crippen molar-refractivity contribution >= 4 is 141 Å². The number of H-pyrrole nitrogens is 3. The number of aryl methyl sites for hydroxylation is 3. The molecule has 0 atom stereocenters. The predicted octanol–water partition coefficient (Wildman–Crippen LogP) is 15.5. The topological polar surface area (TPSA) is 398 Å². The molecule has 6 aromatic rings. The SMILES string of the molecule is CC(C)(C)OC(=O)NCCCCO.CCN(CC)CCN(C(=O)Cl)C(=O)c1c(C)[nH]c(/C=C2\C(=O)Nc3ccc(F)cc32)c1C.CCN(CC)CCN(C(=O)OCCCCN)C(=O)c1c(C)[nH]c(/C=C2\C(=O)Nc3ccc(F)cc32)c1C.CCN(CC)CCN(C(=O)OCCCCNC(=O)OC(C)(C)C)C(=O)c1c(C)[nH]c(/C=C2\C(=O)Nc3ccc(F)cc32)c1C.Cl. The van der Waals surface area contributed by atoms with E-state index in [1.165, 1.54) is 54.6 Å². The van der Waals surface area contributed by atoms with Gasteiger partial charge in [0.2, 0.25) is 0 Å². The highest BCUT2D eigenvalue weighted by Gasteiger charge is 2.35. The number of hydrogen-bond donors (Lipinski definition) is 10. The highest BCUT2D eigenvalue weighted by atomic mass is 35.5. The number of benzene rings is 3. The zero-order chi connectivity index (χ0) is 93.6. The van der Waals surface area contributed by atoms with Crippen LogP contribution in [0.3, 0.4) is 0 Å². The summed E-state index contributed by atoms with van der Waals surface area (Å²) in [5.41, 5.74) is 14.0. The Morgan fingerprint density at radius 3 is 1.02 bits per heavy atom. The molecular weight excluding hydrogens is 1690 g/mol. The van der Waals surface area contributed by atoms with Crippen molar-refractivity contribution in [1.82, 2.24) is 55.0 Å². The lowest BCUT2D eigenvalue weighted by Gasteiger charge is -2.25. The first-order chi connectivity index (χ1) is 59.6. The van der Waals surface area contributed by atoms with Gasteiger partial charge < -0.3 is 86.0 Å². The number of unbranched alkanes of at least 4 members (excludes halogenated alkanes) is 3.